The van der Waals surface area contributed by atoms with E-state index >= 15 is 0 Å². The first-order chi connectivity index (χ1) is 16.1. The molecular weight excluding hydrogens is 438 g/mol. The number of rotatable bonds is 7. The van der Waals surface area contributed by atoms with Crippen LogP contribution in [-0.2, 0) is 4.79 Å². The molecule has 1 atom stereocenters. The molecule has 1 unspecified atom stereocenters. The molecule has 1 aromatic heterocycles. The number of para-hydroxylation sites is 1. The molecule has 8 nitrogen and oxygen atoms in total. The molecule has 9 heteroatoms. The van der Waals surface area contributed by atoms with Crippen molar-refractivity contribution in [2.75, 3.05) is 25.0 Å². The smallest absolute Gasteiger partial charge is 0.286 e. The number of nitrogens with one attached hydrogen (secondary N) is 2. The van der Waals surface area contributed by atoms with Gasteiger partial charge < -0.3 is 15.5 Å². The van der Waals surface area contributed by atoms with Gasteiger partial charge in [0.25, 0.3) is 11.8 Å². The number of carbonyl (C=O) groups excluding carboxylic acids is 3. The molecule has 0 bridgehead atoms. The van der Waals surface area contributed by atoms with E-state index in [1.165, 1.54) is 18.4 Å². The number of allylic oxidation sites excluding steroid dienone is 1. The highest BCUT2D eigenvalue weighted by atomic mass is 32.1. The number of amides is 3. The van der Waals surface area contributed by atoms with E-state index in [1.807, 2.05) is 18.2 Å². The van der Waals surface area contributed by atoms with Gasteiger partial charge in [-0.3, -0.25) is 14.4 Å². The molecule has 2 heterocycles. The summed E-state index contributed by atoms with van der Waals surface area (Å²) < 4.78 is 0. The lowest BCUT2D eigenvalue weighted by Gasteiger charge is -2.31. The molecule has 0 radical (unpaired) electrons. The van der Waals surface area contributed by atoms with Crippen molar-refractivity contribution >= 4 is 34.7 Å². The van der Waals surface area contributed by atoms with E-state index < -0.39 is 5.91 Å². The lowest BCUT2D eigenvalue weighted by molar-refractivity contribution is -0.126. The van der Waals surface area contributed by atoms with E-state index in [0.717, 1.165) is 43.4 Å². The van der Waals surface area contributed by atoms with E-state index in [2.05, 4.69) is 26.9 Å². The number of piperidine rings is 1. The summed E-state index contributed by atoms with van der Waals surface area (Å²) in [4.78, 5) is 39.7. The Balaban J connectivity index is 1.29. The average Bonchev–Trinajstić information content (AvgIpc) is 3.35. The zero-order valence-electron chi connectivity index (χ0n) is 18.6. The third-order valence-corrected chi connectivity index (χ3v) is 6.95. The van der Waals surface area contributed by atoms with Crippen LogP contribution in [0.5, 0.6) is 0 Å². The minimum atomic E-state index is -0.401. The van der Waals surface area contributed by atoms with Gasteiger partial charge in [0.1, 0.15) is 0 Å². The Kier molecular flexibility index (Phi) is 7.83. The fourth-order valence-corrected chi connectivity index (χ4v) is 4.95. The third kappa shape index (κ3) is 6.25. The first-order valence-electron chi connectivity index (χ1n) is 11.5. The highest BCUT2D eigenvalue weighted by molar-refractivity contribution is 7.15. The maximum absolute atomic E-state index is 12.9. The highest BCUT2D eigenvalue weighted by Gasteiger charge is 2.30. The van der Waals surface area contributed by atoms with Crippen molar-refractivity contribution in [3.05, 3.63) is 52.0 Å². The molecule has 0 spiro atoms. The zero-order valence-corrected chi connectivity index (χ0v) is 19.4. The topological polar surface area (TPSA) is 104 Å². The third-order valence-electron chi connectivity index (χ3n) is 6.04. The number of benzene rings is 1. The minimum Gasteiger partial charge on any atom is -0.355 e. The number of aromatic nitrogens is 2. The number of nitrogens with zero attached hydrogens (tertiary/aromatic N) is 3. The second-order valence-electron chi connectivity index (χ2n) is 8.47. The van der Waals surface area contributed by atoms with Crippen molar-refractivity contribution in [2.45, 2.75) is 44.9 Å². The Morgan fingerprint density at radius 2 is 1.88 bits per heavy atom. The minimum absolute atomic E-state index is 0.00380. The monoisotopic (exact) mass is 467 g/mol. The molecule has 2 N–H and O–H groups in total. The molecule has 1 aliphatic carbocycles. The van der Waals surface area contributed by atoms with Crippen molar-refractivity contribution in [3.63, 3.8) is 0 Å². The molecule has 174 valence electrons. The summed E-state index contributed by atoms with van der Waals surface area (Å²) in [5.41, 5.74) is 2.08. The molecule has 1 aromatic carbocycles. The molecule has 33 heavy (non-hydrogen) atoms. The SMILES string of the molecule is O=C(Nc1ccccc1)c1nnc(C(=O)N2CCCC(C(=O)NCCC3=CCCCC3)C2)s1. The summed E-state index contributed by atoms with van der Waals surface area (Å²) in [7, 11) is 0. The van der Waals surface area contributed by atoms with Gasteiger partial charge in [-0.1, -0.05) is 41.2 Å². The normalized spacial score (nSPS) is 18.4. The van der Waals surface area contributed by atoms with Crippen LogP contribution in [0.25, 0.3) is 0 Å². The van der Waals surface area contributed by atoms with Crippen molar-refractivity contribution in [3.8, 4) is 0 Å². The van der Waals surface area contributed by atoms with Gasteiger partial charge in [0.05, 0.1) is 5.92 Å². The van der Waals surface area contributed by atoms with Gasteiger partial charge in [0.15, 0.2) is 0 Å². The molecule has 2 aliphatic rings. The highest BCUT2D eigenvalue weighted by Crippen LogP contribution is 2.22. The molecule has 1 aliphatic heterocycles. The summed E-state index contributed by atoms with van der Waals surface area (Å²) in [6, 6.07) is 9.05. The lowest BCUT2D eigenvalue weighted by atomic mass is 9.96. The largest absolute Gasteiger partial charge is 0.355 e. The fraction of sp³-hybridized carbons (Fsp3) is 0.458. The first kappa shape index (κ1) is 23.1. The van der Waals surface area contributed by atoms with Crippen LogP contribution in [0.1, 0.15) is 64.6 Å². The Labute approximate surface area is 197 Å². The number of hydrogen-bond acceptors (Lipinski definition) is 6. The quantitative estimate of drug-likeness (QED) is 0.605. The summed E-state index contributed by atoms with van der Waals surface area (Å²) in [5.74, 6) is -0.904. The molecule has 1 fully saturated rings. The van der Waals surface area contributed by atoms with Crippen LogP contribution in [0.15, 0.2) is 42.0 Å². The zero-order chi connectivity index (χ0) is 23.0. The van der Waals surface area contributed by atoms with Gasteiger partial charge >= 0.3 is 0 Å². The Hall–Kier alpha value is -3.07. The van der Waals surface area contributed by atoms with Crippen LogP contribution in [0.4, 0.5) is 5.69 Å². The van der Waals surface area contributed by atoms with Crippen LogP contribution in [-0.4, -0.2) is 52.5 Å². The average molecular weight is 468 g/mol. The predicted molar refractivity (Wildman–Crippen MR) is 127 cm³/mol. The van der Waals surface area contributed by atoms with E-state index in [4.69, 9.17) is 0 Å². The van der Waals surface area contributed by atoms with Gasteiger partial charge in [0, 0.05) is 25.3 Å². The maximum Gasteiger partial charge on any atom is 0.286 e. The Morgan fingerprint density at radius 1 is 1.06 bits per heavy atom. The number of likely N-dealkylation sites (tertiary alicyclic amines) is 1. The molecule has 0 saturated carbocycles. The molecular formula is C24H29N5O3S. The predicted octanol–water partition coefficient (Wildman–Crippen LogP) is 3.65. The molecule has 2 aromatic rings. The fourth-order valence-electron chi connectivity index (χ4n) is 4.24. The standard InChI is InChI=1S/C24H29N5O3S/c30-20(25-14-13-17-8-3-1-4-9-17)18-10-7-15-29(16-18)24(32)23-28-27-22(33-23)21(31)26-19-11-5-2-6-12-19/h2,5-6,8,11-12,18H,1,3-4,7,9-10,13-16H2,(H,25,30)(H,26,31). The number of hydrogen-bond donors (Lipinski definition) is 2. The lowest BCUT2D eigenvalue weighted by Crippen LogP contribution is -2.45. The van der Waals surface area contributed by atoms with Crippen molar-refractivity contribution in [1.29, 1.82) is 0 Å². The molecule has 1 saturated heterocycles. The maximum atomic E-state index is 12.9. The Morgan fingerprint density at radius 3 is 2.67 bits per heavy atom. The summed E-state index contributed by atoms with van der Waals surface area (Å²) in [6.45, 7) is 1.57. The van der Waals surface area contributed by atoms with Crippen LogP contribution in [0.2, 0.25) is 0 Å². The summed E-state index contributed by atoms with van der Waals surface area (Å²) in [5, 5.41) is 13.9. The van der Waals surface area contributed by atoms with Gasteiger partial charge in [-0.05, 0) is 57.1 Å². The van der Waals surface area contributed by atoms with E-state index in [0.29, 0.717) is 25.3 Å². The molecule has 4 rings (SSSR count). The summed E-state index contributed by atoms with van der Waals surface area (Å²) in [6.07, 6.45) is 9.50. The second-order valence-corrected chi connectivity index (χ2v) is 9.45. The van der Waals surface area contributed by atoms with E-state index in [1.54, 1.807) is 17.0 Å². The van der Waals surface area contributed by atoms with Gasteiger partial charge in [-0.15, -0.1) is 10.2 Å². The van der Waals surface area contributed by atoms with Crippen LogP contribution in [0.3, 0.4) is 0 Å². The van der Waals surface area contributed by atoms with Crippen molar-refractivity contribution < 1.29 is 14.4 Å². The van der Waals surface area contributed by atoms with Crippen molar-refractivity contribution in [1.82, 2.24) is 20.4 Å². The number of carbonyl (C=O) groups is 3. The van der Waals surface area contributed by atoms with Crippen LogP contribution in [0, 0.1) is 5.92 Å². The summed E-state index contributed by atoms with van der Waals surface area (Å²) >= 11 is 0.969. The van der Waals surface area contributed by atoms with Gasteiger partial charge in [0.2, 0.25) is 15.9 Å². The van der Waals surface area contributed by atoms with E-state index in [-0.39, 0.29) is 27.7 Å². The van der Waals surface area contributed by atoms with Crippen LogP contribution >= 0.6 is 11.3 Å². The van der Waals surface area contributed by atoms with Crippen molar-refractivity contribution in [2.24, 2.45) is 5.92 Å². The molecule has 3 amide bonds. The first-order valence-corrected chi connectivity index (χ1v) is 12.4. The van der Waals surface area contributed by atoms with Crippen LogP contribution < -0.4 is 10.6 Å². The Bertz CT molecular complexity index is 1020. The van der Waals surface area contributed by atoms with E-state index in [9.17, 15) is 14.4 Å². The van der Waals surface area contributed by atoms with Gasteiger partial charge in [-0.25, -0.2) is 0 Å². The number of anilines is 1. The second kappa shape index (κ2) is 11.2. The van der Waals surface area contributed by atoms with Gasteiger partial charge in [-0.2, -0.15) is 0 Å².